The number of carbonyl (C=O) groups is 1. The van der Waals surface area contributed by atoms with E-state index in [1.165, 1.54) is 60.5 Å². The third-order valence-electron chi connectivity index (χ3n) is 4.71. The first-order chi connectivity index (χ1) is 15.5. The molecule has 9 heteroatoms. The summed E-state index contributed by atoms with van der Waals surface area (Å²) >= 11 is 0. The van der Waals surface area contributed by atoms with Crippen molar-refractivity contribution < 1.29 is 26.4 Å². The van der Waals surface area contributed by atoms with Crippen LogP contribution < -0.4 is 4.72 Å². The van der Waals surface area contributed by atoms with Gasteiger partial charge in [-0.05, 0) is 47.5 Å². The summed E-state index contributed by atoms with van der Waals surface area (Å²) < 4.78 is 66.5. The van der Waals surface area contributed by atoms with Crippen molar-refractivity contribution in [3.05, 3.63) is 107 Å². The number of alkyl halides is 3. The zero-order chi connectivity index (χ0) is 24.1. The zero-order valence-electron chi connectivity index (χ0n) is 17.6. The van der Waals surface area contributed by atoms with E-state index in [4.69, 9.17) is 0 Å². The Labute approximate surface area is 190 Å². The number of hydrogen-bond donors (Lipinski definition) is 1. The summed E-state index contributed by atoms with van der Waals surface area (Å²) in [5.74, 6) is -0.495. The molecule has 0 bridgehead atoms. The predicted octanol–water partition coefficient (Wildman–Crippen LogP) is 5.39. The Kier molecular flexibility index (Phi) is 7.23. The van der Waals surface area contributed by atoms with Crippen LogP contribution in [0, 0.1) is 0 Å². The van der Waals surface area contributed by atoms with Gasteiger partial charge in [0.05, 0.1) is 11.0 Å². The van der Waals surface area contributed by atoms with Gasteiger partial charge in [0.1, 0.15) is 0 Å². The van der Waals surface area contributed by atoms with Crippen LogP contribution in [-0.2, 0) is 22.7 Å². The number of nitrogens with one attached hydrogen (secondary N) is 1. The minimum absolute atomic E-state index is 0.0181. The molecule has 1 N–H and O–H groups in total. The molecule has 172 valence electrons. The van der Waals surface area contributed by atoms with Crippen LogP contribution >= 0.6 is 0 Å². The van der Waals surface area contributed by atoms with Gasteiger partial charge in [-0.1, -0.05) is 48.5 Å². The van der Waals surface area contributed by atoms with E-state index in [-0.39, 0.29) is 23.4 Å². The molecule has 3 aromatic rings. The van der Waals surface area contributed by atoms with Crippen LogP contribution in [0.2, 0.25) is 0 Å². The van der Waals surface area contributed by atoms with Gasteiger partial charge in [0.2, 0.25) is 0 Å². The fraction of sp³-hybridized carbons (Fsp3) is 0.125. The first kappa shape index (κ1) is 24.1. The van der Waals surface area contributed by atoms with Gasteiger partial charge in [0, 0.05) is 24.8 Å². The third-order valence-corrected chi connectivity index (χ3v) is 5.72. The molecule has 3 rings (SSSR count). The van der Waals surface area contributed by atoms with Crippen molar-refractivity contribution in [2.45, 2.75) is 12.7 Å². The molecule has 0 aromatic heterocycles. The summed E-state index contributed by atoms with van der Waals surface area (Å²) in [5.41, 5.74) is 0.367. The van der Waals surface area contributed by atoms with E-state index in [0.29, 0.717) is 0 Å². The zero-order valence-corrected chi connectivity index (χ0v) is 18.4. The molecule has 0 atom stereocenters. The second-order valence-corrected chi connectivity index (χ2v) is 8.82. The van der Waals surface area contributed by atoms with Gasteiger partial charge >= 0.3 is 6.18 Å². The van der Waals surface area contributed by atoms with Crippen LogP contribution in [-0.4, -0.2) is 26.3 Å². The maximum Gasteiger partial charge on any atom is 0.416 e. The number of hydrogen-bond acceptors (Lipinski definition) is 3. The fourth-order valence-electron chi connectivity index (χ4n) is 3.09. The van der Waals surface area contributed by atoms with Crippen molar-refractivity contribution in [1.82, 2.24) is 4.90 Å². The minimum Gasteiger partial charge on any atom is -0.337 e. The molecule has 0 aliphatic heterocycles. The molecule has 0 saturated carbocycles. The smallest absolute Gasteiger partial charge is 0.337 e. The number of rotatable bonds is 7. The first-order valence-corrected chi connectivity index (χ1v) is 11.4. The van der Waals surface area contributed by atoms with Crippen LogP contribution in [0.4, 0.5) is 18.9 Å². The first-order valence-electron chi connectivity index (χ1n) is 9.82. The summed E-state index contributed by atoms with van der Waals surface area (Å²) in [5, 5.41) is 1.03. The van der Waals surface area contributed by atoms with Gasteiger partial charge in [0.15, 0.2) is 0 Å². The highest BCUT2D eigenvalue weighted by Gasteiger charge is 2.33. The van der Waals surface area contributed by atoms with Gasteiger partial charge in [-0.15, -0.1) is 0 Å². The molecule has 1 amide bonds. The number of sulfonamides is 1. The molecule has 3 aromatic carbocycles. The van der Waals surface area contributed by atoms with E-state index in [1.807, 2.05) is 6.07 Å². The van der Waals surface area contributed by atoms with Crippen LogP contribution in [0.1, 0.15) is 27.0 Å². The van der Waals surface area contributed by atoms with Gasteiger partial charge in [-0.25, -0.2) is 8.42 Å². The average molecular weight is 475 g/mol. The lowest BCUT2D eigenvalue weighted by molar-refractivity contribution is -0.138. The summed E-state index contributed by atoms with van der Waals surface area (Å²) in [4.78, 5) is 13.8. The molecule has 0 radical (unpaired) electrons. The Balaban J connectivity index is 1.67. The van der Waals surface area contributed by atoms with Crippen molar-refractivity contribution in [2.75, 3.05) is 11.8 Å². The highest BCUT2D eigenvalue weighted by molar-refractivity contribution is 7.95. The van der Waals surface area contributed by atoms with Crippen LogP contribution in [0.15, 0.2) is 84.3 Å². The Hall–Kier alpha value is -3.59. The highest BCUT2D eigenvalue weighted by atomic mass is 32.2. The molecular formula is C24H21F3N2O3S. The van der Waals surface area contributed by atoms with Crippen LogP contribution in [0.5, 0.6) is 0 Å². The number of benzene rings is 3. The molecule has 5 nitrogen and oxygen atoms in total. The average Bonchev–Trinajstić information content (AvgIpc) is 2.78. The number of nitrogens with zero attached hydrogens (tertiary/aromatic N) is 1. The number of carbonyl (C=O) groups excluding carboxylic acids is 1. The van der Waals surface area contributed by atoms with E-state index in [2.05, 4.69) is 4.72 Å². The van der Waals surface area contributed by atoms with Crippen molar-refractivity contribution in [3.8, 4) is 0 Å². The van der Waals surface area contributed by atoms with Gasteiger partial charge in [0.25, 0.3) is 15.9 Å². The molecule has 0 unspecified atom stereocenters. The van der Waals surface area contributed by atoms with Gasteiger partial charge < -0.3 is 4.90 Å². The lowest BCUT2D eigenvalue weighted by Crippen LogP contribution is -2.27. The Morgan fingerprint density at radius 3 is 2.18 bits per heavy atom. The van der Waals surface area contributed by atoms with E-state index < -0.39 is 27.7 Å². The molecule has 0 saturated heterocycles. The Bertz CT molecular complexity index is 1240. The summed E-state index contributed by atoms with van der Waals surface area (Å²) in [6.07, 6.45) is -3.07. The molecule has 0 aliphatic carbocycles. The normalized spacial score (nSPS) is 12.0. The standard InChI is InChI=1S/C24H21F3N2O3S/c1-29(17-20-9-5-6-10-22(20)24(25,26)27)23(30)19-11-13-21(14-12-19)28-33(31,32)16-15-18-7-3-2-4-8-18/h2-16,28H,17H2,1H3/b16-15+. The Morgan fingerprint density at radius 1 is 0.939 bits per heavy atom. The summed E-state index contributed by atoms with van der Waals surface area (Å²) in [7, 11) is -2.37. The molecule has 0 heterocycles. The van der Waals surface area contributed by atoms with Crippen molar-refractivity contribution in [2.24, 2.45) is 0 Å². The minimum atomic E-state index is -4.52. The van der Waals surface area contributed by atoms with E-state index >= 15 is 0 Å². The second kappa shape index (κ2) is 9.91. The predicted molar refractivity (Wildman–Crippen MR) is 122 cm³/mol. The number of amides is 1. The topological polar surface area (TPSA) is 66.5 Å². The molecule has 0 spiro atoms. The van der Waals surface area contributed by atoms with Crippen molar-refractivity contribution in [3.63, 3.8) is 0 Å². The summed E-state index contributed by atoms with van der Waals surface area (Å²) in [6.45, 7) is -0.229. The van der Waals surface area contributed by atoms with E-state index in [0.717, 1.165) is 17.0 Å². The third kappa shape index (κ3) is 6.69. The van der Waals surface area contributed by atoms with Crippen molar-refractivity contribution in [1.29, 1.82) is 0 Å². The van der Waals surface area contributed by atoms with Crippen LogP contribution in [0.25, 0.3) is 6.08 Å². The lowest BCUT2D eigenvalue weighted by Gasteiger charge is -2.20. The highest BCUT2D eigenvalue weighted by Crippen LogP contribution is 2.32. The summed E-state index contributed by atoms with van der Waals surface area (Å²) in [6, 6.07) is 19.6. The van der Waals surface area contributed by atoms with Crippen molar-refractivity contribution >= 4 is 27.7 Å². The van der Waals surface area contributed by atoms with E-state index in [9.17, 15) is 26.4 Å². The molecule has 33 heavy (non-hydrogen) atoms. The van der Waals surface area contributed by atoms with Gasteiger partial charge in [-0.2, -0.15) is 13.2 Å². The fourth-order valence-corrected chi connectivity index (χ4v) is 3.96. The quantitative estimate of drug-likeness (QED) is 0.499. The lowest BCUT2D eigenvalue weighted by atomic mass is 10.1. The van der Waals surface area contributed by atoms with Gasteiger partial charge in [-0.3, -0.25) is 9.52 Å². The SMILES string of the molecule is CN(Cc1ccccc1C(F)(F)F)C(=O)c1ccc(NS(=O)(=O)/C=C/c2ccccc2)cc1. The molecular weight excluding hydrogens is 453 g/mol. The monoisotopic (exact) mass is 474 g/mol. The maximum atomic E-state index is 13.2. The van der Waals surface area contributed by atoms with Crippen LogP contribution in [0.3, 0.4) is 0 Å². The maximum absolute atomic E-state index is 13.2. The Morgan fingerprint density at radius 2 is 1.55 bits per heavy atom. The molecule has 0 aliphatic rings. The largest absolute Gasteiger partial charge is 0.416 e. The number of halogens is 3. The second-order valence-electron chi connectivity index (χ2n) is 7.25. The van der Waals surface area contributed by atoms with E-state index in [1.54, 1.807) is 24.3 Å². The number of anilines is 1. The molecule has 0 fully saturated rings.